The molecule has 1 aliphatic rings. The van der Waals surface area contributed by atoms with Gasteiger partial charge in [0.1, 0.15) is 11.5 Å². The van der Waals surface area contributed by atoms with E-state index in [4.69, 9.17) is 11.6 Å². The third-order valence-corrected chi connectivity index (χ3v) is 5.69. The summed E-state index contributed by atoms with van der Waals surface area (Å²) in [7, 11) is 0. The number of rotatable bonds is 4. The highest BCUT2D eigenvalue weighted by Crippen LogP contribution is 2.41. The molecule has 174 valence electrons. The lowest BCUT2D eigenvalue weighted by Gasteiger charge is -2.26. The van der Waals surface area contributed by atoms with Crippen molar-refractivity contribution < 1.29 is 33.0 Å². The molecule has 1 amide bonds. The fraction of sp³-hybridized carbons (Fsp3) is 0.120. The van der Waals surface area contributed by atoms with Crippen molar-refractivity contribution >= 4 is 29.1 Å². The Labute approximate surface area is 197 Å². The zero-order valence-electron chi connectivity index (χ0n) is 17.4. The van der Waals surface area contributed by atoms with Gasteiger partial charge in [0.05, 0.1) is 17.2 Å². The summed E-state index contributed by atoms with van der Waals surface area (Å²) in [5.74, 6) is -2.49. The smallest absolute Gasteiger partial charge is 0.416 e. The van der Waals surface area contributed by atoms with Crippen LogP contribution in [0.15, 0.2) is 78.4 Å². The Hall–Kier alpha value is -3.78. The molecule has 2 N–H and O–H groups in total. The molecule has 1 heterocycles. The van der Waals surface area contributed by atoms with Crippen molar-refractivity contribution in [2.24, 2.45) is 0 Å². The van der Waals surface area contributed by atoms with E-state index < -0.39 is 35.2 Å². The fourth-order valence-electron chi connectivity index (χ4n) is 3.88. The van der Waals surface area contributed by atoms with E-state index in [0.717, 1.165) is 17.0 Å². The van der Waals surface area contributed by atoms with Crippen LogP contribution in [0.25, 0.3) is 5.76 Å². The number of hydrogen-bond donors (Lipinski definition) is 2. The molecule has 4 rings (SSSR count). The number of amides is 1. The van der Waals surface area contributed by atoms with Gasteiger partial charge in [-0.3, -0.25) is 9.59 Å². The summed E-state index contributed by atoms with van der Waals surface area (Å²) >= 11 is 6.00. The van der Waals surface area contributed by atoms with E-state index in [0.29, 0.717) is 10.6 Å². The van der Waals surface area contributed by atoms with Crippen LogP contribution in [0.2, 0.25) is 5.02 Å². The molecule has 3 aromatic carbocycles. The van der Waals surface area contributed by atoms with Crippen LogP contribution >= 0.6 is 11.6 Å². The normalized spacial score (nSPS) is 17.9. The average Bonchev–Trinajstić information content (AvgIpc) is 3.04. The number of nitrogens with zero attached hydrogens (tertiary/aromatic N) is 1. The van der Waals surface area contributed by atoms with Crippen LogP contribution in [0, 0.1) is 0 Å². The summed E-state index contributed by atoms with van der Waals surface area (Å²) in [5.41, 5.74) is -0.379. The number of aromatic hydroxyl groups is 1. The van der Waals surface area contributed by atoms with Gasteiger partial charge < -0.3 is 15.1 Å². The van der Waals surface area contributed by atoms with Crippen LogP contribution in [0.5, 0.6) is 5.75 Å². The van der Waals surface area contributed by atoms with Crippen molar-refractivity contribution in [3.8, 4) is 5.75 Å². The second-order valence-electron chi connectivity index (χ2n) is 7.73. The number of phenols is 1. The number of carbonyl (C=O) groups excluding carboxylic acids is 2. The molecule has 1 atom stereocenters. The fourth-order valence-corrected chi connectivity index (χ4v) is 4.07. The van der Waals surface area contributed by atoms with Crippen LogP contribution in [0.4, 0.5) is 13.2 Å². The first kappa shape index (κ1) is 23.4. The first-order valence-electron chi connectivity index (χ1n) is 10.1. The Bertz CT molecular complexity index is 1300. The SMILES string of the molecule is O=C1C(=O)N(Cc2cccc(C(F)(F)F)c2)C(c2ccc(O)cc2)/C1=C(\O)c1cccc(Cl)c1. The molecule has 0 bridgehead atoms. The van der Waals surface area contributed by atoms with Gasteiger partial charge in [0, 0.05) is 17.1 Å². The molecule has 1 fully saturated rings. The van der Waals surface area contributed by atoms with Crippen molar-refractivity contribution in [1.29, 1.82) is 0 Å². The van der Waals surface area contributed by atoms with E-state index in [1.54, 1.807) is 12.1 Å². The second-order valence-corrected chi connectivity index (χ2v) is 8.16. The molecule has 9 heteroatoms. The van der Waals surface area contributed by atoms with Crippen LogP contribution in [0.3, 0.4) is 0 Å². The third kappa shape index (κ3) is 4.49. The average molecular weight is 488 g/mol. The Morgan fingerprint density at radius 2 is 1.65 bits per heavy atom. The highest BCUT2D eigenvalue weighted by Gasteiger charge is 2.46. The number of Topliss-reactive ketones (excluding diaryl/α,β-unsaturated/α-hetero) is 1. The van der Waals surface area contributed by atoms with Gasteiger partial charge in [0.25, 0.3) is 11.7 Å². The van der Waals surface area contributed by atoms with Gasteiger partial charge in [-0.2, -0.15) is 13.2 Å². The van der Waals surface area contributed by atoms with Crippen LogP contribution in [-0.2, 0) is 22.3 Å². The molecule has 0 saturated carbocycles. The molecular weight excluding hydrogens is 471 g/mol. The molecule has 1 saturated heterocycles. The maximum absolute atomic E-state index is 13.2. The molecule has 1 aliphatic heterocycles. The van der Waals surface area contributed by atoms with Gasteiger partial charge in [-0.15, -0.1) is 0 Å². The van der Waals surface area contributed by atoms with Crippen molar-refractivity contribution in [3.05, 3.63) is 106 Å². The molecular formula is C25H17ClF3NO4. The number of carbonyl (C=O) groups is 2. The van der Waals surface area contributed by atoms with Crippen molar-refractivity contribution in [3.63, 3.8) is 0 Å². The Balaban J connectivity index is 1.84. The van der Waals surface area contributed by atoms with Gasteiger partial charge in [-0.05, 0) is 47.5 Å². The summed E-state index contributed by atoms with van der Waals surface area (Å²) in [6.45, 7) is -0.313. The van der Waals surface area contributed by atoms with E-state index in [2.05, 4.69) is 0 Å². The molecule has 0 aliphatic carbocycles. The van der Waals surface area contributed by atoms with Gasteiger partial charge in [-0.25, -0.2) is 0 Å². The molecule has 1 unspecified atom stereocenters. The van der Waals surface area contributed by atoms with E-state index in [9.17, 15) is 33.0 Å². The lowest BCUT2D eigenvalue weighted by atomic mass is 9.95. The van der Waals surface area contributed by atoms with Crippen LogP contribution < -0.4 is 0 Å². The molecule has 3 aromatic rings. The summed E-state index contributed by atoms with van der Waals surface area (Å²) in [6, 6.07) is 15.0. The number of aliphatic hydroxyl groups excluding tert-OH is 1. The summed E-state index contributed by atoms with van der Waals surface area (Å²) in [6.07, 6.45) is -4.58. The quantitative estimate of drug-likeness (QED) is 0.282. The number of benzene rings is 3. The number of ketones is 1. The minimum Gasteiger partial charge on any atom is -0.508 e. The topological polar surface area (TPSA) is 77.8 Å². The number of aliphatic hydroxyl groups is 1. The standard InChI is InChI=1S/C25H17ClF3NO4/c26-18-6-2-4-16(12-18)22(32)20-21(15-7-9-19(31)10-8-15)30(24(34)23(20)33)13-14-3-1-5-17(11-14)25(27,28)29/h1-12,21,31-32H,13H2/b22-20+. The van der Waals surface area contributed by atoms with E-state index in [1.807, 2.05) is 0 Å². The minimum atomic E-state index is -4.58. The second kappa shape index (κ2) is 8.87. The van der Waals surface area contributed by atoms with E-state index >= 15 is 0 Å². The van der Waals surface area contributed by atoms with Crippen LogP contribution in [0.1, 0.15) is 28.3 Å². The zero-order chi connectivity index (χ0) is 24.6. The zero-order valence-corrected chi connectivity index (χ0v) is 18.1. The predicted octanol–water partition coefficient (Wildman–Crippen LogP) is 5.69. The van der Waals surface area contributed by atoms with Crippen molar-refractivity contribution in [1.82, 2.24) is 4.90 Å². The molecule has 5 nitrogen and oxygen atoms in total. The first-order valence-corrected chi connectivity index (χ1v) is 10.4. The number of phenolic OH excluding ortho intramolecular Hbond substituents is 1. The lowest BCUT2D eigenvalue weighted by Crippen LogP contribution is -2.29. The Morgan fingerprint density at radius 3 is 2.29 bits per heavy atom. The monoisotopic (exact) mass is 487 g/mol. The number of likely N-dealkylation sites (tertiary alicyclic amines) is 1. The van der Waals surface area contributed by atoms with Gasteiger partial charge >= 0.3 is 6.18 Å². The number of hydrogen-bond acceptors (Lipinski definition) is 4. The third-order valence-electron chi connectivity index (χ3n) is 5.45. The minimum absolute atomic E-state index is 0.0616. The Morgan fingerprint density at radius 1 is 0.971 bits per heavy atom. The molecule has 0 aromatic heterocycles. The number of halogens is 4. The predicted molar refractivity (Wildman–Crippen MR) is 119 cm³/mol. The highest BCUT2D eigenvalue weighted by molar-refractivity contribution is 6.46. The van der Waals surface area contributed by atoms with Crippen molar-refractivity contribution in [2.45, 2.75) is 18.8 Å². The maximum atomic E-state index is 13.2. The Kier molecular flexibility index (Phi) is 6.10. The van der Waals surface area contributed by atoms with E-state index in [-0.39, 0.29) is 29.0 Å². The molecule has 0 radical (unpaired) electrons. The first-order chi connectivity index (χ1) is 16.1. The summed E-state index contributed by atoms with van der Waals surface area (Å²) in [5, 5.41) is 20.9. The van der Waals surface area contributed by atoms with Crippen LogP contribution in [-0.4, -0.2) is 26.8 Å². The number of alkyl halides is 3. The highest BCUT2D eigenvalue weighted by atomic mass is 35.5. The summed E-state index contributed by atoms with van der Waals surface area (Å²) in [4.78, 5) is 27.1. The van der Waals surface area contributed by atoms with E-state index in [1.165, 1.54) is 48.5 Å². The van der Waals surface area contributed by atoms with Gasteiger partial charge in [0.15, 0.2) is 0 Å². The summed E-state index contributed by atoms with van der Waals surface area (Å²) < 4.78 is 39.5. The maximum Gasteiger partial charge on any atom is 0.416 e. The van der Waals surface area contributed by atoms with Gasteiger partial charge in [-0.1, -0.05) is 48.0 Å². The molecule has 34 heavy (non-hydrogen) atoms. The largest absolute Gasteiger partial charge is 0.508 e. The van der Waals surface area contributed by atoms with Gasteiger partial charge in [0.2, 0.25) is 0 Å². The lowest BCUT2D eigenvalue weighted by molar-refractivity contribution is -0.140. The molecule has 0 spiro atoms. The van der Waals surface area contributed by atoms with Crippen molar-refractivity contribution in [2.75, 3.05) is 0 Å².